The molecule has 4 heteroatoms. The zero-order valence-corrected chi connectivity index (χ0v) is 12.3. The molecule has 1 saturated heterocycles. The lowest BCUT2D eigenvalue weighted by Gasteiger charge is -2.39. The average Bonchev–Trinajstić information content (AvgIpc) is 2.83. The molecule has 2 heterocycles. The number of fused-ring (bicyclic) bond motifs is 1. The molecule has 108 valence electrons. The van der Waals surface area contributed by atoms with Gasteiger partial charge in [-0.05, 0) is 49.1 Å². The number of piperidine rings is 1. The number of carboxylic acids is 1. The van der Waals surface area contributed by atoms with E-state index in [-0.39, 0.29) is 5.41 Å². The van der Waals surface area contributed by atoms with E-state index in [2.05, 4.69) is 18.7 Å². The number of hydrogen-bond donors (Lipinski definition) is 1. The molecule has 0 saturated carbocycles. The largest absolute Gasteiger partial charge is 0.478 e. The quantitative estimate of drug-likeness (QED) is 0.901. The maximum absolute atomic E-state index is 11.6. The minimum Gasteiger partial charge on any atom is -0.478 e. The van der Waals surface area contributed by atoms with Gasteiger partial charge in [0.25, 0.3) is 0 Å². The molecule has 0 spiro atoms. The minimum absolute atomic E-state index is 0.231. The summed E-state index contributed by atoms with van der Waals surface area (Å²) >= 11 is 0. The second kappa shape index (κ2) is 4.76. The van der Waals surface area contributed by atoms with Crippen molar-refractivity contribution < 1.29 is 9.90 Å². The van der Waals surface area contributed by atoms with E-state index in [0.717, 1.165) is 50.0 Å². The van der Waals surface area contributed by atoms with Crippen LogP contribution in [0, 0.1) is 5.41 Å². The highest BCUT2D eigenvalue weighted by molar-refractivity contribution is 5.93. The maximum atomic E-state index is 11.6. The molecule has 1 aromatic heterocycles. The molecular formula is C16H22N2O2. The Morgan fingerprint density at radius 3 is 2.85 bits per heavy atom. The lowest BCUT2D eigenvalue weighted by molar-refractivity contribution is 0.0696. The SMILES string of the molecule is CC1(C)CCCN(c2nc3c(cc2C(=O)O)CCC3)C1. The number of pyridine rings is 1. The molecule has 1 N–H and O–H groups in total. The van der Waals surface area contributed by atoms with Crippen LogP contribution in [0.4, 0.5) is 5.82 Å². The van der Waals surface area contributed by atoms with Gasteiger partial charge >= 0.3 is 5.97 Å². The average molecular weight is 274 g/mol. The van der Waals surface area contributed by atoms with E-state index in [1.165, 1.54) is 6.42 Å². The van der Waals surface area contributed by atoms with Gasteiger partial charge in [-0.2, -0.15) is 0 Å². The molecular weight excluding hydrogens is 252 g/mol. The predicted octanol–water partition coefficient (Wildman–Crippen LogP) is 2.89. The molecule has 0 unspecified atom stereocenters. The van der Waals surface area contributed by atoms with Gasteiger partial charge in [0.1, 0.15) is 11.4 Å². The van der Waals surface area contributed by atoms with Crippen LogP contribution >= 0.6 is 0 Å². The molecule has 1 fully saturated rings. The third kappa shape index (κ3) is 2.39. The summed E-state index contributed by atoms with van der Waals surface area (Å²) in [6.45, 7) is 6.29. The molecule has 4 nitrogen and oxygen atoms in total. The number of rotatable bonds is 2. The number of hydrogen-bond acceptors (Lipinski definition) is 3. The summed E-state index contributed by atoms with van der Waals surface area (Å²) in [6, 6.07) is 1.86. The van der Waals surface area contributed by atoms with Gasteiger partial charge in [-0.1, -0.05) is 13.8 Å². The Morgan fingerprint density at radius 2 is 2.15 bits per heavy atom. The third-order valence-corrected chi connectivity index (χ3v) is 4.46. The van der Waals surface area contributed by atoms with Crippen LogP contribution in [0.25, 0.3) is 0 Å². The Balaban J connectivity index is 2.01. The number of carboxylic acid groups (broad SMARTS) is 1. The summed E-state index contributed by atoms with van der Waals surface area (Å²) in [5.41, 5.74) is 2.84. The molecule has 1 aliphatic heterocycles. The second-order valence-electron chi connectivity index (χ2n) is 6.81. The highest BCUT2D eigenvalue weighted by atomic mass is 16.4. The van der Waals surface area contributed by atoms with Crippen molar-refractivity contribution in [3.05, 3.63) is 22.9 Å². The van der Waals surface area contributed by atoms with E-state index < -0.39 is 5.97 Å². The molecule has 1 aromatic rings. The van der Waals surface area contributed by atoms with E-state index in [9.17, 15) is 9.90 Å². The van der Waals surface area contributed by atoms with Gasteiger partial charge in [-0.3, -0.25) is 0 Å². The van der Waals surface area contributed by atoms with Gasteiger partial charge in [-0.25, -0.2) is 9.78 Å². The Hall–Kier alpha value is -1.58. The zero-order chi connectivity index (χ0) is 14.3. The predicted molar refractivity (Wildman–Crippen MR) is 78.4 cm³/mol. The van der Waals surface area contributed by atoms with E-state index >= 15 is 0 Å². The van der Waals surface area contributed by atoms with Crippen LogP contribution in [0.2, 0.25) is 0 Å². The van der Waals surface area contributed by atoms with Crippen LogP contribution in [-0.4, -0.2) is 29.1 Å². The molecule has 0 radical (unpaired) electrons. The van der Waals surface area contributed by atoms with Gasteiger partial charge in [-0.15, -0.1) is 0 Å². The highest BCUT2D eigenvalue weighted by Gasteiger charge is 2.30. The molecule has 0 bridgehead atoms. The van der Waals surface area contributed by atoms with Crippen molar-refractivity contribution in [2.24, 2.45) is 5.41 Å². The number of nitrogens with zero attached hydrogens (tertiary/aromatic N) is 2. The van der Waals surface area contributed by atoms with Crippen LogP contribution < -0.4 is 4.90 Å². The first-order valence-corrected chi connectivity index (χ1v) is 7.47. The smallest absolute Gasteiger partial charge is 0.339 e. The number of anilines is 1. The van der Waals surface area contributed by atoms with Crippen molar-refractivity contribution >= 4 is 11.8 Å². The monoisotopic (exact) mass is 274 g/mol. The van der Waals surface area contributed by atoms with Crippen molar-refractivity contribution in [2.75, 3.05) is 18.0 Å². The van der Waals surface area contributed by atoms with E-state index in [0.29, 0.717) is 11.4 Å². The molecule has 0 amide bonds. The lowest BCUT2D eigenvalue weighted by Crippen LogP contribution is -2.41. The van der Waals surface area contributed by atoms with Crippen molar-refractivity contribution in [1.29, 1.82) is 0 Å². The molecule has 20 heavy (non-hydrogen) atoms. The first-order chi connectivity index (χ1) is 9.46. The fraction of sp³-hybridized carbons (Fsp3) is 0.625. The first kappa shape index (κ1) is 13.4. The third-order valence-electron chi connectivity index (χ3n) is 4.46. The molecule has 0 atom stereocenters. The van der Waals surface area contributed by atoms with Gasteiger partial charge in [0.2, 0.25) is 0 Å². The fourth-order valence-corrected chi connectivity index (χ4v) is 3.46. The number of aryl methyl sites for hydroxylation is 2. The van der Waals surface area contributed by atoms with Gasteiger partial charge in [0.15, 0.2) is 0 Å². The second-order valence-corrected chi connectivity index (χ2v) is 6.81. The zero-order valence-electron chi connectivity index (χ0n) is 12.3. The van der Waals surface area contributed by atoms with E-state index in [1.807, 2.05) is 6.07 Å². The van der Waals surface area contributed by atoms with Crippen molar-refractivity contribution in [1.82, 2.24) is 4.98 Å². The highest BCUT2D eigenvalue weighted by Crippen LogP contribution is 2.34. The summed E-state index contributed by atoms with van der Waals surface area (Å²) in [4.78, 5) is 18.4. The summed E-state index contributed by atoms with van der Waals surface area (Å²) in [7, 11) is 0. The van der Waals surface area contributed by atoms with Crippen LogP contribution in [0.1, 0.15) is 54.7 Å². The topological polar surface area (TPSA) is 53.4 Å². The van der Waals surface area contributed by atoms with Crippen LogP contribution in [0.3, 0.4) is 0 Å². The summed E-state index contributed by atoms with van der Waals surface area (Å²) in [6.07, 6.45) is 5.34. The Bertz CT molecular complexity index is 552. The van der Waals surface area contributed by atoms with Gasteiger partial charge in [0.05, 0.1) is 0 Å². The molecule has 2 aliphatic rings. The fourth-order valence-electron chi connectivity index (χ4n) is 3.46. The summed E-state index contributed by atoms with van der Waals surface area (Å²) in [5.74, 6) is -0.170. The normalized spacial score (nSPS) is 20.8. The summed E-state index contributed by atoms with van der Waals surface area (Å²) in [5, 5.41) is 9.49. The molecule has 0 aromatic carbocycles. The van der Waals surface area contributed by atoms with Gasteiger partial charge < -0.3 is 10.0 Å². The van der Waals surface area contributed by atoms with Gasteiger partial charge in [0, 0.05) is 18.8 Å². The van der Waals surface area contributed by atoms with E-state index in [4.69, 9.17) is 4.98 Å². The summed E-state index contributed by atoms with van der Waals surface area (Å²) < 4.78 is 0. The number of aromatic nitrogens is 1. The molecule has 3 rings (SSSR count). The standard InChI is InChI=1S/C16H22N2O2/c1-16(2)7-4-8-18(10-16)14-12(15(19)20)9-11-5-3-6-13(11)17-14/h9H,3-8,10H2,1-2H3,(H,19,20). The van der Waals surface area contributed by atoms with Crippen molar-refractivity contribution in [2.45, 2.75) is 46.0 Å². The Labute approximate surface area is 119 Å². The van der Waals surface area contributed by atoms with Crippen molar-refractivity contribution in [3.8, 4) is 0 Å². The minimum atomic E-state index is -0.856. The maximum Gasteiger partial charge on any atom is 0.339 e. The lowest BCUT2D eigenvalue weighted by atomic mass is 9.84. The van der Waals surface area contributed by atoms with Crippen molar-refractivity contribution in [3.63, 3.8) is 0 Å². The number of carbonyl (C=O) groups is 1. The van der Waals surface area contributed by atoms with E-state index in [1.54, 1.807) is 0 Å². The first-order valence-electron chi connectivity index (χ1n) is 7.47. The number of aromatic carboxylic acids is 1. The Morgan fingerprint density at radius 1 is 1.35 bits per heavy atom. The molecule has 1 aliphatic carbocycles. The van der Waals surface area contributed by atoms with Crippen LogP contribution in [0.5, 0.6) is 0 Å². The van der Waals surface area contributed by atoms with Crippen LogP contribution in [0.15, 0.2) is 6.07 Å². The Kier molecular flexibility index (Phi) is 3.19. The van der Waals surface area contributed by atoms with Crippen LogP contribution in [-0.2, 0) is 12.8 Å².